The molecule has 0 unspecified atom stereocenters. The Labute approximate surface area is 119 Å². The van der Waals surface area contributed by atoms with E-state index in [4.69, 9.17) is 0 Å². The van der Waals surface area contributed by atoms with Crippen LogP contribution in [0.1, 0.15) is 28.2 Å². The van der Waals surface area contributed by atoms with Gasteiger partial charge in [-0.2, -0.15) is 0 Å². The predicted molar refractivity (Wildman–Crippen MR) is 83.7 cm³/mol. The van der Waals surface area contributed by atoms with Gasteiger partial charge in [-0.15, -0.1) is 0 Å². The molecule has 3 aromatic carbocycles. The van der Waals surface area contributed by atoms with Gasteiger partial charge in [-0.25, -0.2) is 0 Å². The highest BCUT2D eigenvalue weighted by molar-refractivity contribution is 5.80. The van der Waals surface area contributed by atoms with E-state index in [1.165, 1.54) is 27.8 Å². The Morgan fingerprint density at radius 2 is 1.10 bits per heavy atom. The normalized spacial score (nSPS) is 13.1. The first-order valence-corrected chi connectivity index (χ1v) is 6.95. The highest BCUT2D eigenvalue weighted by Crippen LogP contribution is 2.47. The second-order valence-corrected chi connectivity index (χ2v) is 5.35. The molecule has 0 nitrogen and oxygen atoms in total. The summed E-state index contributed by atoms with van der Waals surface area (Å²) in [4.78, 5) is 0. The molecule has 0 saturated heterocycles. The lowest BCUT2D eigenvalue weighted by Gasteiger charge is -2.14. The molecule has 0 N–H and O–H groups in total. The summed E-state index contributed by atoms with van der Waals surface area (Å²) in [6, 6.07) is 26.1. The molecule has 1 aliphatic carbocycles. The third-order valence-corrected chi connectivity index (χ3v) is 4.15. The van der Waals surface area contributed by atoms with Crippen LogP contribution in [0.15, 0.2) is 72.8 Å². The second kappa shape index (κ2) is 4.35. The van der Waals surface area contributed by atoms with Crippen molar-refractivity contribution in [3.05, 3.63) is 102 Å². The van der Waals surface area contributed by atoms with Crippen LogP contribution in [0.5, 0.6) is 0 Å². The van der Waals surface area contributed by atoms with Gasteiger partial charge in [0.15, 0.2) is 0 Å². The fraction of sp³-hybridized carbons (Fsp3) is 0.0500. The molecule has 0 amide bonds. The van der Waals surface area contributed by atoms with Crippen LogP contribution in [0.4, 0.5) is 0 Å². The standard InChI is InChI=1S/C20H15/c1-14-10-12-15(13-11-14)20-18-8-4-2-6-16(18)17-7-3-5-9-19(17)20/h2-13,20H,1H2. The van der Waals surface area contributed by atoms with Crippen molar-refractivity contribution in [2.24, 2.45) is 0 Å². The molecule has 20 heavy (non-hydrogen) atoms. The third-order valence-electron chi connectivity index (χ3n) is 4.15. The van der Waals surface area contributed by atoms with Gasteiger partial charge in [-0.3, -0.25) is 0 Å². The first-order valence-electron chi connectivity index (χ1n) is 6.95. The Kier molecular flexibility index (Phi) is 2.50. The Morgan fingerprint density at radius 3 is 1.65 bits per heavy atom. The fourth-order valence-corrected chi connectivity index (χ4v) is 3.22. The lowest BCUT2D eigenvalue weighted by atomic mass is 9.89. The van der Waals surface area contributed by atoms with Gasteiger partial charge < -0.3 is 0 Å². The largest absolute Gasteiger partial charge is 0.0619 e. The summed E-state index contributed by atoms with van der Waals surface area (Å²) in [6.07, 6.45) is 0. The first kappa shape index (κ1) is 11.5. The van der Waals surface area contributed by atoms with Crippen LogP contribution in [0.3, 0.4) is 0 Å². The smallest absolute Gasteiger partial charge is 0.0352 e. The van der Waals surface area contributed by atoms with E-state index >= 15 is 0 Å². The van der Waals surface area contributed by atoms with Gasteiger partial charge in [-0.1, -0.05) is 72.8 Å². The van der Waals surface area contributed by atoms with Crippen LogP contribution in [0.2, 0.25) is 0 Å². The highest BCUT2D eigenvalue weighted by atomic mass is 14.3. The van der Waals surface area contributed by atoms with Gasteiger partial charge in [0.25, 0.3) is 0 Å². The molecule has 1 aliphatic rings. The van der Waals surface area contributed by atoms with Gasteiger partial charge >= 0.3 is 0 Å². The molecule has 4 rings (SSSR count). The maximum atomic E-state index is 3.98. The van der Waals surface area contributed by atoms with Gasteiger partial charge in [0.1, 0.15) is 0 Å². The molecule has 0 bridgehead atoms. The van der Waals surface area contributed by atoms with Crippen molar-refractivity contribution in [1.82, 2.24) is 0 Å². The van der Waals surface area contributed by atoms with Crippen LogP contribution < -0.4 is 0 Å². The molecule has 0 aliphatic heterocycles. The number of hydrogen-bond acceptors (Lipinski definition) is 0. The maximum Gasteiger partial charge on any atom is 0.0352 e. The van der Waals surface area contributed by atoms with E-state index in [1.54, 1.807) is 0 Å². The molecule has 0 heteroatoms. The van der Waals surface area contributed by atoms with Crippen LogP contribution in [0, 0.1) is 6.92 Å². The molecule has 1 radical (unpaired) electrons. The minimum absolute atomic E-state index is 0.350. The number of rotatable bonds is 1. The van der Waals surface area contributed by atoms with Gasteiger partial charge in [-0.05, 0) is 40.3 Å². The maximum absolute atomic E-state index is 3.98. The van der Waals surface area contributed by atoms with Gasteiger partial charge in [0, 0.05) is 5.92 Å². The van der Waals surface area contributed by atoms with E-state index in [2.05, 4.69) is 79.7 Å². The van der Waals surface area contributed by atoms with Crippen LogP contribution in [-0.4, -0.2) is 0 Å². The van der Waals surface area contributed by atoms with Crippen LogP contribution >= 0.6 is 0 Å². The number of hydrogen-bond donors (Lipinski definition) is 0. The van der Waals surface area contributed by atoms with Crippen molar-refractivity contribution in [3.63, 3.8) is 0 Å². The number of fused-ring (bicyclic) bond motifs is 3. The predicted octanol–water partition coefficient (Wildman–Crippen LogP) is 5.03. The van der Waals surface area contributed by atoms with Crippen molar-refractivity contribution < 1.29 is 0 Å². The molecular formula is C20H15. The average Bonchev–Trinajstić information content (AvgIpc) is 2.83. The van der Waals surface area contributed by atoms with Gasteiger partial charge in [0.05, 0.1) is 0 Å². The molecule has 0 saturated carbocycles. The SMILES string of the molecule is [CH2]c1ccc(C2c3ccccc3-c3ccccc32)cc1. The molecule has 0 heterocycles. The lowest BCUT2D eigenvalue weighted by molar-refractivity contribution is 1.01. The van der Waals surface area contributed by atoms with E-state index in [9.17, 15) is 0 Å². The summed E-state index contributed by atoms with van der Waals surface area (Å²) in [6.45, 7) is 3.98. The second-order valence-electron chi connectivity index (χ2n) is 5.35. The summed E-state index contributed by atoms with van der Waals surface area (Å²) in [5, 5.41) is 0. The summed E-state index contributed by atoms with van der Waals surface area (Å²) < 4.78 is 0. The fourth-order valence-electron chi connectivity index (χ4n) is 3.22. The highest BCUT2D eigenvalue weighted by Gasteiger charge is 2.28. The van der Waals surface area contributed by atoms with Crippen molar-refractivity contribution >= 4 is 0 Å². The van der Waals surface area contributed by atoms with Crippen molar-refractivity contribution in [2.45, 2.75) is 5.92 Å². The van der Waals surface area contributed by atoms with E-state index in [1.807, 2.05) is 0 Å². The summed E-state index contributed by atoms with van der Waals surface area (Å²) in [7, 11) is 0. The zero-order valence-electron chi connectivity index (χ0n) is 11.2. The lowest BCUT2D eigenvalue weighted by Crippen LogP contribution is -1.98. The van der Waals surface area contributed by atoms with E-state index in [0.717, 1.165) is 5.56 Å². The molecule has 3 aromatic rings. The number of benzene rings is 3. The summed E-state index contributed by atoms with van der Waals surface area (Å²) in [5.41, 5.74) is 7.96. The molecule has 0 fully saturated rings. The zero-order valence-corrected chi connectivity index (χ0v) is 11.2. The van der Waals surface area contributed by atoms with Crippen LogP contribution in [-0.2, 0) is 0 Å². The van der Waals surface area contributed by atoms with E-state index < -0.39 is 0 Å². The molecule has 95 valence electrons. The minimum atomic E-state index is 0.350. The molecular weight excluding hydrogens is 240 g/mol. The van der Waals surface area contributed by atoms with Crippen molar-refractivity contribution in [3.8, 4) is 11.1 Å². The van der Waals surface area contributed by atoms with Crippen molar-refractivity contribution in [1.29, 1.82) is 0 Å². The van der Waals surface area contributed by atoms with Crippen LogP contribution in [0.25, 0.3) is 11.1 Å². The summed E-state index contributed by atoms with van der Waals surface area (Å²) in [5.74, 6) is 0.350. The Bertz CT molecular complexity index is 721. The van der Waals surface area contributed by atoms with Gasteiger partial charge in [0.2, 0.25) is 0 Å². The average molecular weight is 255 g/mol. The van der Waals surface area contributed by atoms with E-state index in [-0.39, 0.29) is 0 Å². The minimum Gasteiger partial charge on any atom is -0.0619 e. The quantitative estimate of drug-likeness (QED) is 0.447. The molecule has 0 spiro atoms. The molecule has 0 aromatic heterocycles. The Hall–Kier alpha value is -2.34. The van der Waals surface area contributed by atoms with Crippen molar-refractivity contribution in [2.75, 3.05) is 0 Å². The molecule has 0 atom stereocenters. The zero-order chi connectivity index (χ0) is 13.5. The Morgan fingerprint density at radius 1 is 0.600 bits per heavy atom. The summed E-state index contributed by atoms with van der Waals surface area (Å²) >= 11 is 0. The monoisotopic (exact) mass is 255 g/mol. The first-order chi connectivity index (χ1) is 9.84. The third kappa shape index (κ3) is 1.61. The topological polar surface area (TPSA) is 0 Å². The van der Waals surface area contributed by atoms with E-state index in [0.29, 0.717) is 5.92 Å². The Balaban J connectivity index is 1.97.